The predicted molar refractivity (Wildman–Crippen MR) is 152 cm³/mol. The molecule has 0 radical (unpaired) electrons. The molecule has 1 heterocycles. The lowest BCUT2D eigenvalue weighted by Gasteiger charge is -2.50. The van der Waals surface area contributed by atoms with E-state index in [2.05, 4.69) is 11.8 Å². The minimum atomic E-state index is -2.65. The van der Waals surface area contributed by atoms with Gasteiger partial charge in [0, 0.05) is 43.4 Å². The van der Waals surface area contributed by atoms with Crippen molar-refractivity contribution in [2.24, 2.45) is 23.5 Å². The largest absolute Gasteiger partial charge is 0.508 e. The molecule has 1 unspecified atom stereocenters. The quantitative estimate of drug-likeness (QED) is 0.326. The number of nitrogens with two attached hydrogens (primary N) is 1. The van der Waals surface area contributed by atoms with E-state index in [0.29, 0.717) is 23.6 Å². The number of Topliss-reactive ketones (excluding diaryl/α,β-unsaturated/α-hetero) is 2. The fourth-order valence-corrected chi connectivity index (χ4v) is 7.33. The second kappa shape index (κ2) is 10.1. The number of piperidine rings is 1. The molecule has 5 rings (SSSR count). The summed E-state index contributed by atoms with van der Waals surface area (Å²) in [7, 11) is 6.91. The molecule has 1 aromatic carbocycles. The average Bonchev–Trinajstić information content (AvgIpc) is 2.88. The van der Waals surface area contributed by atoms with Crippen molar-refractivity contribution in [3.05, 3.63) is 39.7 Å². The molecule has 1 amide bonds. The summed E-state index contributed by atoms with van der Waals surface area (Å²) in [4.78, 5) is 45.2. The molecule has 222 valence electrons. The molecule has 11 nitrogen and oxygen atoms in total. The minimum Gasteiger partial charge on any atom is -0.508 e. The number of hydrogen-bond donors (Lipinski definition) is 5. The molecule has 1 aliphatic heterocycles. The number of carbonyl (C=O) groups excluding carboxylic acids is 3. The lowest BCUT2D eigenvalue weighted by atomic mass is 9.57. The molecular weight excluding hydrogens is 528 g/mol. The zero-order valence-corrected chi connectivity index (χ0v) is 24.3. The molecular formula is C30H40N4O7. The van der Waals surface area contributed by atoms with E-state index in [4.69, 9.17) is 5.73 Å². The van der Waals surface area contributed by atoms with Crippen molar-refractivity contribution in [1.29, 1.82) is 0 Å². The summed E-state index contributed by atoms with van der Waals surface area (Å²) in [5.41, 5.74) is 4.00. The second-order valence-corrected chi connectivity index (χ2v) is 12.6. The van der Waals surface area contributed by atoms with Gasteiger partial charge in [0.25, 0.3) is 5.91 Å². The van der Waals surface area contributed by atoms with E-state index in [0.717, 1.165) is 31.6 Å². The van der Waals surface area contributed by atoms with Gasteiger partial charge in [-0.2, -0.15) is 0 Å². The number of amides is 1. The van der Waals surface area contributed by atoms with Crippen LogP contribution in [-0.4, -0.2) is 101 Å². The van der Waals surface area contributed by atoms with Crippen molar-refractivity contribution >= 4 is 28.9 Å². The zero-order chi connectivity index (χ0) is 30.1. The molecule has 1 saturated heterocycles. The summed E-state index contributed by atoms with van der Waals surface area (Å²) < 4.78 is 0. The highest BCUT2D eigenvalue weighted by Gasteiger charge is 2.64. The van der Waals surface area contributed by atoms with Gasteiger partial charge in [-0.3, -0.25) is 24.2 Å². The van der Waals surface area contributed by atoms with Crippen LogP contribution in [0.3, 0.4) is 0 Å². The molecule has 0 bridgehead atoms. The Hall–Kier alpha value is -3.41. The highest BCUT2D eigenvalue weighted by atomic mass is 16.3. The van der Waals surface area contributed by atoms with Crippen LogP contribution in [0, 0.1) is 17.8 Å². The van der Waals surface area contributed by atoms with Gasteiger partial charge in [-0.25, -0.2) is 0 Å². The van der Waals surface area contributed by atoms with Crippen LogP contribution >= 0.6 is 0 Å². The molecule has 11 heteroatoms. The van der Waals surface area contributed by atoms with Crippen molar-refractivity contribution < 1.29 is 34.8 Å². The van der Waals surface area contributed by atoms with Crippen LogP contribution in [0.15, 0.2) is 23.0 Å². The monoisotopic (exact) mass is 568 g/mol. The van der Waals surface area contributed by atoms with E-state index in [1.165, 1.54) is 4.90 Å². The first-order chi connectivity index (χ1) is 19.2. The zero-order valence-electron chi connectivity index (χ0n) is 24.3. The molecule has 41 heavy (non-hydrogen) atoms. The number of ketones is 2. The van der Waals surface area contributed by atoms with Crippen molar-refractivity contribution in [2.75, 3.05) is 46.2 Å². The van der Waals surface area contributed by atoms with E-state index in [1.54, 1.807) is 14.1 Å². The SMILES string of the molecule is CC1CCN(Cc2cc(N(C)C)c3c(c2O)C(O)=C2C(=O)[C@]4(O)C(O)=C(C(N)=O)C(=O)C(N(C)C)[C@@H]4C[C@@H]2C3)CC1. The van der Waals surface area contributed by atoms with Crippen molar-refractivity contribution in [1.82, 2.24) is 9.80 Å². The van der Waals surface area contributed by atoms with Crippen molar-refractivity contribution in [3.63, 3.8) is 0 Å². The highest BCUT2D eigenvalue weighted by molar-refractivity contribution is 6.24. The van der Waals surface area contributed by atoms with Gasteiger partial charge in [-0.05, 0) is 76.3 Å². The Morgan fingerprint density at radius 1 is 1.12 bits per heavy atom. The molecule has 0 aromatic heterocycles. The minimum absolute atomic E-state index is 0.0626. The van der Waals surface area contributed by atoms with Gasteiger partial charge < -0.3 is 31.1 Å². The van der Waals surface area contributed by atoms with Crippen LogP contribution in [0.1, 0.15) is 42.9 Å². The first kappa shape index (κ1) is 29.1. The average molecular weight is 569 g/mol. The van der Waals surface area contributed by atoms with E-state index in [-0.39, 0.29) is 29.7 Å². The van der Waals surface area contributed by atoms with E-state index < -0.39 is 58.0 Å². The number of rotatable bonds is 5. The number of hydrogen-bond acceptors (Lipinski definition) is 10. The number of phenols is 1. The number of aromatic hydroxyl groups is 1. The highest BCUT2D eigenvalue weighted by Crippen LogP contribution is 2.54. The summed E-state index contributed by atoms with van der Waals surface area (Å²) in [6.45, 7) is 4.46. The van der Waals surface area contributed by atoms with Gasteiger partial charge >= 0.3 is 0 Å². The lowest BCUT2D eigenvalue weighted by Crippen LogP contribution is -2.65. The number of carbonyl (C=O) groups is 3. The van der Waals surface area contributed by atoms with E-state index >= 15 is 0 Å². The number of benzene rings is 1. The van der Waals surface area contributed by atoms with Crippen LogP contribution in [0.4, 0.5) is 5.69 Å². The molecule has 0 spiro atoms. The summed E-state index contributed by atoms with van der Waals surface area (Å²) in [6, 6.07) is 0.815. The van der Waals surface area contributed by atoms with Crippen LogP contribution in [0.2, 0.25) is 0 Å². The number of primary amides is 1. The summed E-state index contributed by atoms with van der Waals surface area (Å²) >= 11 is 0. The van der Waals surface area contributed by atoms with Gasteiger partial charge in [-0.15, -0.1) is 0 Å². The maximum atomic E-state index is 14.1. The topological polar surface area (TPSA) is 168 Å². The fraction of sp³-hybridized carbons (Fsp3) is 0.567. The Labute approximate surface area is 239 Å². The van der Waals surface area contributed by atoms with Crippen LogP contribution < -0.4 is 10.6 Å². The molecule has 1 saturated carbocycles. The molecule has 4 atom stereocenters. The third kappa shape index (κ3) is 4.33. The number of aliphatic hydroxyl groups excluding tert-OH is 2. The number of likely N-dealkylation sites (tertiary alicyclic amines) is 1. The maximum Gasteiger partial charge on any atom is 0.255 e. The second-order valence-electron chi connectivity index (χ2n) is 12.6. The Bertz CT molecular complexity index is 1390. The molecule has 1 aromatic rings. The lowest BCUT2D eigenvalue weighted by molar-refractivity contribution is -0.153. The molecule has 2 fully saturated rings. The number of phenolic OH excluding ortho intramolecular Hbond substituents is 1. The smallest absolute Gasteiger partial charge is 0.255 e. The molecule has 3 aliphatic carbocycles. The van der Waals surface area contributed by atoms with Crippen LogP contribution in [0.5, 0.6) is 5.75 Å². The third-order valence-electron chi connectivity index (χ3n) is 9.53. The standard InChI is InChI=1S/C30H40N4O7/c1-14-6-8-34(9-7-14)13-16-12-19(32(2)3)17-10-15-11-18-23(33(4)5)26(37)22(29(31)40)28(39)30(18,41)27(38)20(15)25(36)21(17)24(16)35/h12,14-15,18,23,35-36,39,41H,6-11,13H2,1-5H3,(H2,31,40)/t15-,18-,23?,30-/m0/s1. The number of likely N-dealkylation sites (N-methyl/N-ethyl adjacent to an activating group) is 1. The van der Waals surface area contributed by atoms with E-state index in [9.17, 15) is 34.8 Å². The molecule has 4 aliphatic rings. The predicted octanol–water partition coefficient (Wildman–Crippen LogP) is 1.26. The molecule has 6 N–H and O–H groups in total. The van der Waals surface area contributed by atoms with Gasteiger partial charge in [0.15, 0.2) is 11.4 Å². The van der Waals surface area contributed by atoms with Crippen LogP contribution in [-0.2, 0) is 27.3 Å². The fourth-order valence-electron chi connectivity index (χ4n) is 7.33. The first-order valence-corrected chi connectivity index (χ1v) is 14.1. The number of fused-ring (bicyclic) bond motifs is 3. The van der Waals surface area contributed by atoms with Gasteiger partial charge in [-0.1, -0.05) is 6.92 Å². The van der Waals surface area contributed by atoms with Gasteiger partial charge in [0.1, 0.15) is 22.8 Å². The summed E-state index contributed by atoms with van der Waals surface area (Å²) in [5.74, 6) is -5.76. The van der Waals surface area contributed by atoms with Gasteiger partial charge in [0.2, 0.25) is 5.78 Å². The Morgan fingerprint density at radius 2 is 1.76 bits per heavy atom. The maximum absolute atomic E-state index is 14.1. The Morgan fingerprint density at radius 3 is 2.32 bits per heavy atom. The first-order valence-electron chi connectivity index (χ1n) is 14.1. The van der Waals surface area contributed by atoms with Crippen molar-refractivity contribution in [3.8, 4) is 5.75 Å². The van der Waals surface area contributed by atoms with Crippen molar-refractivity contribution in [2.45, 2.75) is 50.8 Å². The summed E-state index contributed by atoms with van der Waals surface area (Å²) in [6.07, 6.45) is 2.43. The number of aliphatic hydroxyl groups is 3. The third-order valence-corrected chi connectivity index (χ3v) is 9.53. The van der Waals surface area contributed by atoms with Gasteiger partial charge in [0.05, 0.1) is 11.6 Å². The number of anilines is 1. The number of nitrogens with zero attached hydrogens (tertiary/aromatic N) is 3. The summed E-state index contributed by atoms with van der Waals surface area (Å²) in [5, 5.41) is 46.0. The van der Waals surface area contributed by atoms with E-state index in [1.807, 2.05) is 25.1 Å². The van der Waals surface area contributed by atoms with Crippen LogP contribution in [0.25, 0.3) is 5.76 Å². The Balaban J connectivity index is 1.67. The Kier molecular flexibility index (Phi) is 7.20. The normalized spacial score (nSPS) is 29.0.